The molecule has 5 heteroatoms. The van der Waals surface area contributed by atoms with Gasteiger partial charge in [-0.25, -0.2) is 0 Å². The number of hydrogen-bond acceptors (Lipinski definition) is 5. The van der Waals surface area contributed by atoms with Crippen molar-refractivity contribution in [2.45, 2.75) is 25.0 Å². The van der Waals surface area contributed by atoms with E-state index in [4.69, 9.17) is 0 Å². The molecule has 1 unspecified atom stereocenters. The second-order valence-electron chi connectivity index (χ2n) is 4.90. The topological polar surface area (TPSA) is 56.7 Å². The van der Waals surface area contributed by atoms with Crippen molar-refractivity contribution in [3.05, 3.63) is 35.9 Å². The standard InChI is InChI=1S/C14H18N4O/c19-10-13-16-14(11-4-2-1-3-5-11)17-18(13)12-6-8-15-9-7-12/h1-5,10,12-13,15H,6-9H2,(H,16,17). The Bertz CT molecular complexity index is 468. The third-order valence-electron chi connectivity index (χ3n) is 3.64. The number of carbonyl (C=O) groups is 1. The molecule has 1 atom stereocenters. The molecule has 0 amide bonds. The molecular formula is C14H18N4O. The molecule has 0 saturated carbocycles. The fourth-order valence-corrected chi connectivity index (χ4v) is 2.63. The second kappa shape index (κ2) is 5.40. The Kier molecular flexibility index (Phi) is 3.46. The second-order valence-corrected chi connectivity index (χ2v) is 4.90. The third-order valence-corrected chi connectivity index (χ3v) is 3.64. The Labute approximate surface area is 112 Å². The molecule has 0 spiro atoms. The van der Waals surface area contributed by atoms with Crippen molar-refractivity contribution >= 4 is 12.1 Å². The van der Waals surface area contributed by atoms with E-state index in [1.54, 1.807) is 0 Å². The van der Waals surface area contributed by atoms with Crippen molar-refractivity contribution in [2.24, 2.45) is 5.10 Å². The van der Waals surface area contributed by atoms with Gasteiger partial charge in [0.15, 0.2) is 18.3 Å². The minimum atomic E-state index is -0.335. The first-order valence-electron chi connectivity index (χ1n) is 6.73. The van der Waals surface area contributed by atoms with Gasteiger partial charge in [0, 0.05) is 5.56 Å². The molecule has 0 aliphatic carbocycles. The van der Waals surface area contributed by atoms with Crippen LogP contribution in [0.2, 0.25) is 0 Å². The predicted molar refractivity (Wildman–Crippen MR) is 73.7 cm³/mol. The summed E-state index contributed by atoms with van der Waals surface area (Å²) in [4.78, 5) is 11.2. The molecule has 1 saturated heterocycles. The molecule has 0 radical (unpaired) electrons. The summed E-state index contributed by atoms with van der Waals surface area (Å²) in [6.45, 7) is 1.98. The van der Waals surface area contributed by atoms with Gasteiger partial charge in [-0.2, -0.15) is 5.10 Å². The molecule has 100 valence electrons. The summed E-state index contributed by atoms with van der Waals surface area (Å²) in [5.41, 5.74) is 1.02. The maximum Gasteiger partial charge on any atom is 0.173 e. The predicted octanol–water partition coefficient (Wildman–Crippen LogP) is 0.530. The smallest absolute Gasteiger partial charge is 0.173 e. The first kappa shape index (κ1) is 12.2. The summed E-state index contributed by atoms with van der Waals surface area (Å²) in [6, 6.07) is 10.3. The van der Waals surface area contributed by atoms with E-state index in [-0.39, 0.29) is 6.17 Å². The highest BCUT2D eigenvalue weighted by Gasteiger charge is 2.32. The van der Waals surface area contributed by atoms with Crippen molar-refractivity contribution in [3.8, 4) is 0 Å². The van der Waals surface area contributed by atoms with E-state index in [0.29, 0.717) is 6.04 Å². The van der Waals surface area contributed by atoms with Gasteiger partial charge in [0.05, 0.1) is 6.04 Å². The molecule has 3 rings (SSSR count). The molecular weight excluding hydrogens is 240 g/mol. The number of hydrogen-bond donors (Lipinski definition) is 2. The van der Waals surface area contributed by atoms with Crippen LogP contribution in [-0.2, 0) is 4.79 Å². The Balaban J connectivity index is 1.82. The fraction of sp³-hybridized carbons (Fsp3) is 0.429. The van der Waals surface area contributed by atoms with Gasteiger partial charge in [-0.15, -0.1) is 0 Å². The average Bonchev–Trinajstić information content (AvgIpc) is 2.93. The van der Waals surface area contributed by atoms with Gasteiger partial charge in [-0.1, -0.05) is 30.3 Å². The molecule has 19 heavy (non-hydrogen) atoms. The Morgan fingerprint density at radius 1 is 1.21 bits per heavy atom. The minimum absolute atomic E-state index is 0.335. The summed E-state index contributed by atoms with van der Waals surface area (Å²) < 4.78 is 0. The molecule has 1 aromatic carbocycles. The Morgan fingerprint density at radius 3 is 2.63 bits per heavy atom. The van der Waals surface area contributed by atoms with Crippen molar-refractivity contribution < 1.29 is 4.79 Å². The van der Waals surface area contributed by atoms with E-state index >= 15 is 0 Å². The molecule has 2 N–H and O–H groups in total. The van der Waals surface area contributed by atoms with E-state index in [1.807, 2.05) is 35.3 Å². The van der Waals surface area contributed by atoms with Crippen LogP contribution >= 0.6 is 0 Å². The number of rotatable bonds is 3. The zero-order chi connectivity index (χ0) is 13.1. The van der Waals surface area contributed by atoms with Gasteiger partial charge >= 0.3 is 0 Å². The van der Waals surface area contributed by atoms with Gasteiger partial charge in [0.25, 0.3) is 0 Å². The van der Waals surface area contributed by atoms with Crippen LogP contribution in [0, 0.1) is 0 Å². The van der Waals surface area contributed by atoms with Gasteiger partial charge in [0.1, 0.15) is 0 Å². The molecule has 2 aliphatic heterocycles. The summed E-state index contributed by atoms with van der Waals surface area (Å²) in [6.07, 6.45) is 2.65. The maximum absolute atomic E-state index is 11.2. The van der Waals surface area contributed by atoms with Crippen LogP contribution in [0.15, 0.2) is 35.4 Å². The van der Waals surface area contributed by atoms with Crippen LogP contribution in [0.4, 0.5) is 0 Å². The first-order valence-corrected chi connectivity index (χ1v) is 6.73. The molecule has 0 bridgehead atoms. The number of amidine groups is 1. The molecule has 2 aliphatic rings. The highest BCUT2D eigenvalue weighted by Crippen LogP contribution is 2.19. The number of aldehydes is 1. The van der Waals surface area contributed by atoms with Gasteiger partial charge < -0.3 is 10.6 Å². The molecule has 1 aromatic rings. The number of carbonyl (C=O) groups excluding carboxylic acids is 1. The number of nitrogens with one attached hydrogen (secondary N) is 2. The third kappa shape index (κ3) is 2.46. The first-order chi connectivity index (χ1) is 9.38. The fourth-order valence-electron chi connectivity index (χ4n) is 2.63. The monoisotopic (exact) mass is 258 g/mol. The average molecular weight is 258 g/mol. The van der Waals surface area contributed by atoms with Crippen LogP contribution in [0.3, 0.4) is 0 Å². The van der Waals surface area contributed by atoms with E-state index in [2.05, 4.69) is 15.7 Å². The van der Waals surface area contributed by atoms with Crippen molar-refractivity contribution in [3.63, 3.8) is 0 Å². The normalized spacial score (nSPS) is 23.9. The van der Waals surface area contributed by atoms with Gasteiger partial charge in [0.2, 0.25) is 0 Å². The zero-order valence-corrected chi connectivity index (χ0v) is 10.7. The highest BCUT2D eigenvalue weighted by molar-refractivity contribution is 6.01. The number of nitrogens with zero attached hydrogens (tertiary/aromatic N) is 2. The lowest BCUT2D eigenvalue weighted by molar-refractivity contribution is -0.113. The van der Waals surface area contributed by atoms with E-state index < -0.39 is 0 Å². The quantitative estimate of drug-likeness (QED) is 0.777. The Hall–Kier alpha value is -1.88. The Morgan fingerprint density at radius 2 is 1.95 bits per heavy atom. The molecule has 2 heterocycles. The van der Waals surface area contributed by atoms with Crippen molar-refractivity contribution in [1.29, 1.82) is 0 Å². The van der Waals surface area contributed by atoms with Crippen LogP contribution in [0.5, 0.6) is 0 Å². The maximum atomic E-state index is 11.2. The molecule has 1 fully saturated rings. The number of benzene rings is 1. The summed E-state index contributed by atoms with van der Waals surface area (Å²) in [7, 11) is 0. The van der Waals surface area contributed by atoms with Crippen LogP contribution in [-0.4, -0.2) is 42.4 Å². The number of piperidine rings is 1. The van der Waals surface area contributed by atoms with E-state index in [9.17, 15) is 4.79 Å². The van der Waals surface area contributed by atoms with Gasteiger partial charge in [-0.05, 0) is 25.9 Å². The number of hydrazone groups is 1. The summed E-state index contributed by atoms with van der Waals surface area (Å²) >= 11 is 0. The largest absolute Gasteiger partial charge is 0.341 e. The summed E-state index contributed by atoms with van der Waals surface area (Å²) in [5, 5.41) is 13.1. The zero-order valence-electron chi connectivity index (χ0n) is 10.7. The van der Waals surface area contributed by atoms with Crippen molar-refractivity contribution in [2.75, 3.05) is 13.1 Å². The van der Waals surface area contributed by atoms with E-state index in [0.717, 1.165) is 43.6 Å². The summed E-state index contributed by atoms with van der Waals surface area (Å²) in [5.74, 6) is 0.788. The van der Waals surface area contributed by atoms with E-state index in [1.165, 1.54) is 0 Å². The van der Waals surface area contributed by atoms with Crippen LogP contribution in [0.25, 0.3) is 0 Å². The van der Waals surface area contributed by atoms with Gasteiger partial charge in [-0.3, -0.25) is 9.80 Å². The van der Waals surface area contributed by atoms with Crippen molar-refractivity contribution in [1.82, 2.24) is 15.6 Å². The van der Waals surface area contributed by atoms with Crippen LogP contribution < -0.4 is 10.6 Å². The lowest BCUT2D eigenvalue weighted by atomic mass is 10.1. The highest BCUT2D eigenvalue weighted by atomic mass is 16.1. The molecule has 5 nitrogen and oxygen atoms in total. The lowest BCUT2D eigenvalue weighted by Crippen LogP contribution is -2.48. The van der Waals surface area contributed by atoms with Crippen LogP contribution in [0.1, 0.15) is 18.4 Å². The minimum Gasteiger partial charge on any atom is -0.341 e. The SMILES string of the molecule is O=CC1NC(c2ccccc2)=NN1C1CCNCC1. The lowest BCUT2D eigenvalue weighted by Gasteiger charge is -2.31. The molecule has 0 aromatic heterocycles.